The second-order valence-electron chi connectivity index (χ2n) is 3.93. The van der Waals surface area contributed by atoms with Gasteiger partial charge >= 0.3 is 5.97 Å². The second kappa shape index (κ2) is 6.19. The Morgan fingerprint density at radius 2 is 2.00 bits per heavy atom. The molecule has 0 atom stereocenters. The van der Waals surface area contributed by atoms with Crippen LogP contribution in [-0.2, 0) is 4.74 Å². The summed E-state index contributed by atoms with van der Waals surface area (Å²) in [6, 6.07) is 0. The van der Waals surface area contributed by atoms with E-state index in [-0.39, 0.29) is 0 Å². The lowest BCUT2D eigenvalue weighted by Gasteiger charge is -2.15. The molecule has 0 aliphatic rings. The van der Waals surface area contributed by atoms with Gasteiger partial charge in [0.2, 0.25) is 0 Å². The average molecular weight is 249 g/mol. The van der Waals surface area contributed by atoms with E-state index in [0.29, 0.717) is 30.2 Å². The molecule has 1 heterocycles. The van der Waals surface area contributed by atoms with Crippen LogP contribution in [0.2, 0.25) is 0 Å². The molecular weight excluding hydrogens is 230 g/mol. The maximum Gasteiger partial charge on any atom is 0.343 e. The van der Waals surface area contributed by atoms with Crippen molar-refractivity contribution in [3.8, 4) is 5.75 Å². The lowest BCUT2D eigenvalue weighted by Crippen LogP contribution is -2.13. The summed E-state index contributed by atoms with van der Waals surface area (Å²) in [5, 5.41) is 0. The Bertz CT molecular complexity index is 467. The van der Waals surface area contributed by atoms with Crippen molar-refractivity contribution >= 4 is 5.97 Å². The summed E-state index contributed by atoms with van der Waals surface area (Å²) in [7, 11) is 0. The molecule has 1 aromatic heterocycles. The first-order valence-corrected chi connectivity index (χ1v) is 5.91. The monoisotopic (exact) mass is 249 g/mol. The van der Waals surface area contributed by atoms with Crippen molar-refractivity contribution in [3.63, 3.8) is 0 Å². The van der Waals surface area contributed by atoms with Gasteiger partial charge in [0.05, 0.1) is 12.3 Å². The molecule has 1 aromatic rings. The molecule has 0 aromatic carbocycles. The molecule has 4 nitrogen and oxygen atoms in total. The third-order valence-electron chi connectivity index (χ3n) is 2.63. The van der Waals surface area contributed by atoms with Crippen LogP contribution in [0.15, 0.2) is 12.7 Å². The number of nitrogens with zero attached hydrogens (tertiary/aromatic N) is 1. The molecule has 0 fully saturated rings. The Morgan fingerprint density at radius 1 is 1.33 bits per heavy atom. The maximum atomic E-state index is 11.9. The van der Waals surface area contributed by atoms with E-state index < -0.39 is 5.97 Å². The SMILES string of the molecule is C=CCOc1c(C)c(C)nc(C)c1C(=O)OCC. The predicted molar refractivity (Wildman–Crippen MR) is 70.1 cm³/mol. The minimum absolute atomic E-state index is 0.325. The van der Waals surface area contributed by atoms with Gasteiger partial charge < -0.3 is 9.47 Å². The van der Waals surface area contributed by atoms with Crippen molar-refractivity contribution in [3.05, 3.63) is 35.2 Å². The van der Waals surface area contributed by atoms with Gasteiger partial charge in [0.25, 0.3) is 0 Å². The molecule has 0 saturated carbocycles. The third kappa shape index (κ3) is 2.88. The number of ether oxygens (including phenoxy) is 2. The third-order valence-corrected chi connectivity index (χ3v) is 2.63. The summed E-state index contributed by atoms with van der Waals surface area (Å²) >= 11 is 0. The van der Waals surface area contributed by atoms with Gasteiger partial charge in [0, 0.05) is 11.3 Å². The molecule has 0 aliphatic heterocycles. The number of hydrogen-bond acceptors (Lipinski definition) is 4. The van der Waals surface area contributed by atoms with E-state index >= 15 is 0 Å². The normalized spacial score (nSPS) is 10.0. The summed E-state index contributed by atoms with van der Waals surface area (Å²) in [4.78, 5) is 16.3. The van der Waals surface area contributed by atoms with E-state index in [2.05, 4.69) is 11.6 Å². The summed E-state index contributed by atoms with van der Waals surface area (Å²) in [5.74, 6) is 0.142. The summed E-state index contributed by atoms with van der Waals surface area (Å²) in [6.07, 6.45) is 1.64. The van der Waals surface area contributed by atoms with Crippen molar-refractivity contribution in [1.29, 1.82) is 0 Å². The molecule has 0 aliphatic carbocycles. The molecule has 0 bridgehead atoms. The first kappa shape index (κ1) is 14.2. The highest BCUT2D eigenvalue weighted by Gasteiger charge is 2.21. The molecule has 1 rings (SSSR count). The van der Waals surface area contributed by atoms with Crippen molar-refractivity contribution in [2.75, 3.05) is 13.2 Å². The van der Waals surface area contributed by atoms with Crippen LogP contribution in [-0.4, -0.2) is 24.2 Å². The highest BCUT2D eigenvalue weighted by atomic mass is 16.5. The molecule has 4 heteroatoms. The van der Waals surface area contributed by atoms with Crippen LogP contribution < -0.4 is 4.74 Å². The molecule has 0 saturated heterocycles. The fourth-order valence-corrected chi connectivity index (χ4v) is 1.67. The first-order valence-electron chi connectivity index (χ1n) is 5.91. The van der Waals surface area contributed by atoms with Crippen molar-refractivity contribution in [2.45, 2.75) is 27.7 Å². The van der Waals surface area contributed by atoms with E-state index in [1.54, 1.807) is 19.9 Å². The fraction of sp³-hybridized carbons (Fsp3) is 0.429. The summed E-state index contributed by atoms with van der Waals surface area (Å²) in [6.45, 7) is 11.6. The highest BCUT2D eigenvalue weighted by molar-refractivity contribution is 5.94. The number of pyridine rings is 1. The molecule has 98 valence electrons. The standard InChI is InChI=1S/C14H19NO3/c1-6-8-18-13-9(3)10(4)15-11(5)12(13)14(16)17-7-2/h6H,1,7-8H2,2-5H3. The van der Waals surface area contributed by atoms with Crippen LogP contribution in [0.4, 0.5) is 0 Å². The molecule has 0 unspecified atom stereocenters. The van der Waals surface area contributed by atoms with Gasteiger partial charge in [0.15, 0.2) is 0 Å². The Balaban J connectivity index is 3.32. The molecule has 0 spiro atoms. The number of esters is 1. The lowest BCUT2D eigenvalue weighted by atomic mass is 10.1. The Hall–Kier alpha value is -1.84. The Labute approximate surface area is 108 Å². The zero-order valence-electron chi connectivity index (χ0n) is 11.4. The number of hydrogen-bond donors (Lipinski definition) is 0. The minimum Gasteiger partial charge on any atom is -0.488 e. The Kier molecular flexibility index (Phi) is 4.89. The van der Waals surface area contributed by atoms with Gasteiger partial charge in [-0.3, -0.25) is 4.98 Å². The fourth-order valence-electron chi connectivity index (χ4n) is 1.67. The smallest absolute Gasteiger partial charge is 0.343 e. The van der Waals surface area contributed by atoms with E-state index in [9.17, 15) is 4.79 Å². The zero-order valence-corrected chi connectivity index (χ0v) is 11.4. The molecule has 0 radical (unpaired) electrons. The lowest BCUT2D eigenvalue weighted by molar-refractivity contribution is 0.0520. The van der Waals surface area contributed by atoms with Gasteiger partial charge in [0.1, 0.15) is 17.9 Å². The number of aromatic nitrogens is 1. The highest BCUT2D eigenvalue weighted by Crippen LogP contribution is 2.28. The van der Waals surface area contributed by atoms with Crippen molar-refractivity contribution in [1.82, 2.24) is 4.98 Å². The van der Waals surface area contributed by atoms with Crippen LogP contribution in [0.1, 0.15) is 34.2 Å². The summed E-state index contributed by atoms with van der Waals surface area (Å²) in [5.41, 5.74) is 2.72. The largest absolute Gasteiger partial charge is 0.488 e. The number of carbonyl (C=O) groups is 1. The summed E-state index contributed by atoms with van der Waals surface area (Å²) < 4.78 is 10.6. The quantitative estimate of drug-likeness (QED) is 0.594. The number of rotatable bonds is 5. The number of aryl methyl sites for hydroxylation is 2. The molecule has 0 N–H and O–H groups in total. The minimum atomic E-state index is -0.398. The van der Waals surface area contributed by atoms with Crippen LogP contribution >= 0.6 is 0 Å². The first-order chi connectivity index (χ1) is 8.52. The zero-order chi connectivity index (χ0) is 13.7. The second-order valence-corrected chi connectivity index (χ2v) is 3.93. The maximum absolute atomic E-state index is 11.9. The topological polar surface area (TPSA) is 48.4 Å². The molecule has 0 amide bonds. The molecule has 18 heavy (non-hydrogen) atoms. The van der Waals surface area contributed by atoms with Gasteiger partial charge in [-0.15, -0.1) is 0 Å². The van der Waals surface area contributed by atoms with E-state index in [1.807, 2.05) is 13.8 Å². The van der Waals surface area contributed by atoms with Gasteiger partial charge in [-0.1, -0.05) is 12.7 Å². The van der Waals surface area contributed by atoms with Crippen LogP contribution in [0.3, 0.4) is 0 Å². The van der Waals surface area contributed by atoms with Gasteiger partial charge in [-0.25, -0.2) is 4.79 Å². The van der Waals surface area contributed by atoms with E-state index in [0.717, 1.165) is 11.3 Å². The number of carbonyl (C=O) groups excluding carboxylic acids is 1. The van der Waals surface area contributed by atoms with Crippen molar-refractivity contribution in [2.24, 2.45) is 0 Å². The average Bonchev–Trinajstić information content (AvgIpc) is 2.32. The predicted octanol–water partition coefficient (Wildman–Crippen LogP) is 2.75. The van der Waals surface area contributed by atoms with Crippen molar-refractivity contribution < 1.29 is 14.3 Å². The van der Waals surface area contributed by atoms with E-state index in [1.165, 1.54) is 0 Å². The Morgan fingerprint density at radius 3 is 2.56 bits per heavy atom. The van der Waals surface area contributed by atoms with Crippen LogP contribution in [0, 0.1) is 20.8 Å². The van der Waals surface area contributed by atoms with Crippen LogP contribution in [0.5, 0.6) is 5.75 Å². The van der Waals surface area contributed by atoms with E-state index in [4.69, 9.17) is 9.47 Å². The van der Waals surface area contributed by atoms with Crippen LogP contribution in [0.25, 0.3) is 0 Å². The molecular formula is C14H19NO3. The van der Waals surface area contributed by atoms with Gasteiger partial charge in [-0.2, -0.15) is 0 Å². The van der Waals surface area contributed by atoms with Gasteiger partial charge in [-0.05, 0) is 27.7 Å².